The number of ether oxygens (including phenoxy) is 1. The number of aromatic nitrogens is 1. The van der Waals surface area contributed by atoms with Crippen LogP contribution < -0.4 is 16.0 Å². The highest BCUT2D eigenvalue weighted by molar-refractivity contribution is 5.99. The first kappa shape index (κ1) is 31.7. The summed E-state index contributed by atoms with van der Waals surface area (Å²) in [6, 6.07) is 17.8. The van der Waals surface area contributed by atoms with E-state index in [-0.39, 0.29) is 41.5 Å². The van der Waals surface area contributed by atoms with Gasteiger partial charge in [0.25, 0.3) is 5.91 Å². The molecule has 0 saturated carbocycles. The zero-order valence-electron chi connectivity index (χ0n) is 24.7. The fraction of sp³-hybridized carbons (Fsp3) is 0.303. The lowest BCUT2D eigenvalue weighted by molar-refractivity contribution is -0.133. The number of rotatable bonds is 11. The average Bonchev–Trinajstić information content (AvgIpc) is 3.47. The Hall–Kier alpha value is -5.24. The maximum atomic E-state index is 13.7. The molecular formula is C33H35FN6O4. The number of nitrogens with zero attached hydrogens (tertiary/aromatic N) is 3. The first-order valence-corrected chi connectivity index (χ1v) is 14.4. The number of allylic oxidation sites excluding steroid dienone is 1. The summed E-state index contributed by atoms with van der Waals surface area (Å²) in [7, 11) is 0. The Kier molecular flexibility index (Phi) is 10.6. The van der Waals surface area contributed by atoms with Crippen LogP contribution in [0.25, 0.3) is 11.3 Å². The summed E-state index contributed by atoms with van der Waals surface area (Å²) in [6.45, 7) is 7.71. The van der Waals surface area contributed by atoms with Crippen molar-refractivity contribution in [1.82, 2.24) is 20.5 Å². The van der Waals surface area contributed by atoms with Crippen LogP contribution in [0.3, 0.4) is 0 Å². The molecule has 0 spiro atoms. The van der Waals surface area contributed by atoms with Gasteiger partial charge in [0.05, 0.1) is 28.6 Å². The van der Waals surface area contributed by atoms with E-state index in [1.54, 1.807) is 48.2 Å². The molecular weight excluding hydrogens is 563 g/mol. The van der Waals surface area contributed by atoms with Crippen LogP contribution in [0.5, 0.6) is 0 Å². The predicted octanol–water partition coefficient (Wildman–Crippen LogP) is 4.78. The van der Waals surface area contributed by atoms with Crippen LogP contribution in [-0.2, 0) is 16.0 Å². The van der Waals surface area contributed by atoms with E-state index in [0.29, 0.717) is 48.6 Å². The van der Waals surface area contributed by atoms with Gasteiger partial charge >= 0.3 is 6.09 Å². The molecule has 0 bridgehead atoms. The molecule has 10 nitrogen and oxygen atoms in total. The second-order valence-corrected chi connectivity index (χ2v) is 10.6. The number of halogens is 1. The van der Waals surface area contributed by atoms with E-state index in [1.165, 1.54) is 19.1 Å². The third kappa shape index (κ3) is 8.19. The number of nitriles is 1. The van der Waals surface area contributed by atoms with Crippen molar-refractivity contribution < 1.29 is 23.5 Å². The van der Waals surface area contributed by atoms with E-state index >= 15 is 0 Å². The molecule has 1 aliphatic heterocycles. The van der Waals surface area contributed by atoms with Crippen molar-refractivity contribution in [1.29, 1.82) is 5.26 Å². The minimum atomic E-state index is -0.819. The summed E-state index contributed by atoms with van der Waals surface area (Å²) >= 11 is 0. The van der Waals surface area contributed by atoms with Gasteiger partial charge in [0.2, 0.25) is 5.91 Å². The number of likely N-dealkylation sites (tertiary alicyclic amines) is 1. The number of pyridine rings is 1. The van der Waals surface area contributed by atoms with Gasteiger partial charge in [0.15, 0.2) is 0 Å². The van der Waals surface area contributed by atoms with E-state index < -0.39 is 12.1 Å². The van der Waals surface area contributed by atoms with Crippen molar-refractivity contribution in [2.75, 3.05) is 25.0 Å². The molecule has 3 N–H and O–H groups in total. The van der Waals surface area contributed by atoms with Gasteiger partial charge in [-0.3, -0.25) is 9.59 Å². The van der Waals surface area contributed by atoms with E-state index in [0.717, 1.165) is 12.0 Å². The van der Waals surface area contributed by atoms with Crippen LogP contribution >= 0.6 is 0 Å². The van der Waals surface area contributed by atoms with Crippen molar-refractivity contribution in [3.8, 4) is 17.3 Å². The summed E-state index contributed by atoms with van der Waals surface area (Å²) in [5.74, 6) is -0.461. The normalized spacial score (nSPS) is 14.7. The van der Waals surface area contributed by atoms with Gasteiger partial charge in [0.1, 0.15) is 17.7 Å². The van der Waals surface area contributed by atoms with Gasteiger partial charge in [-0.1, -0.05) is 36.9 Å². The first-order chi connectivity index (χ1) is 21.2. The summed E-state index contributed by atoms with van der Waals surface area (Å²) in [4.78, 5) is 44.8. The van der Waals surface area contributed by atoms with Crippen LogP contribution in [0, 0.1) is 17.1 Å². The predicted molar refractivity (Wildman–Crippen MR) is 164 cm³/mol. The summed E-state index contributed by atoms with van der Waals surface area (Å²) < 4.78 is 18.6. The molecule has 2 aromatic carbocycles. The maximum absolute atomic E-state index is 13.7. The van der Waals surface area contributed by atoms with Gasteiger partial charge in [0, 0.05) is 31.2 Å². The van der Waals surface area contributed by atoms with Gasteiger partial charge < -0.3 is 25.6 Å². The van der Waals surface area contributed by atoms with E-state index in [9.17, 15) is 24.0 Å². The number of hydrogen-bond donors (Lipinski definition) is 3. The molecule has 0 radical (unpaired) electrons. The fourth-order valence-electron chi connectivity index (χ4n) is 5.07. The SMILES string of the molecule is C=C(C)OC(=O)N[C@@H](C)C(=O)N1CCC[C@@H]1CNC(=O)c1ccc(-c2ccccc2C#N)nc1NCCc1cccc(F)c1. The molecule has 44 heavy (non-hydrogen) atoms. The molecule has 1 aliphatic rings. The van der Waals surface area contributed by atoms with Crippen LogP contribution in [0.4, 0.5) is 15.0 Å². The molecule has 228 valence electrons. The van der Waals surface area contributed by atoms with Gasteiger partial charge in [-0.05, 0) is 69.0 Å². The molecule has 0 unspecified atom stereocenters. The van der Waals surface area contributed by atoms with Gasteiger partial charge in [-0.15, -0.1) is 0 Å². The Balaban J connectivity index is 1.48. The second-order valence-electron chi connectivity index (χ2n) is 10.6. The maximum Gasteiger partial charge on any atom is 0.412 e. The summed E-state index contributed by atoms with van der Waals surface area (Å²) in [5.41, 5.74) is 2.68. The van der Waals surface area contributed by atoms with E-state index in [2.05, 4.69) is 28.6 Å². The molecule has 2 atom stereocenters. The Morgan fingerprint density at radius 3 is 2.73 bits per heavy atom. The summed E-state index contributed by atoms with van der Waals surface area (Å²) in [6.07, 6.45) is 1.19. The largest absolute Gasteiger partial charge is 0.416 e. The van der Waals surface area contributed by atoms with Gasteiger partial charge in [-0.2, -0.15) is 5.26 Å². The second kappa shape index (κ2) is 14.8. The number of nitrogens with one attached hydrogen (secondary N) is 3. The molecule has 2 heterocycles. The van der Waals surface area contributed by atoms with Crippen LogP contribution in [0.1, 0.15) is 48.2 Å². The molecule has 1 saturated heterocycles. The minimum Gasteiger partial charge on any atom is -0.416 e. The van der Waals surface area contributed by atoms with Crippen LogP contribution in [-0.4, -0.2) is 59.5 Å². The monoisotopic (exact) mass is 598 g/mol. The van der Waals surface area contributed by atoms with Gasteiger partial charge in [-0.25, -0.2) is 14.2 Å². The fourth-order valence-corrected chi connectivity index (χ4v) is 5.07. The van der Waals surface area contributed by atoms with Crippen molar-refractivity contribution in [2.45, 2.75) is 45.2 Å². The topological polar surface area (TPSA) is 136 Å². The van der Waals surface area contributed by atoms with E-state index in [1.807, 2.05) is 12.1 Å². The molecule has 3 amide bonds. The van der Waals surface area contributed by atoms with Crippen LogP contribution in [0.2, 0.25) is 0 Å². The van der Waals surface area contributed by atoms with Crippen molar-refractivity contribution in [2.24, 2.45) is 0 Å². The standard InChI is InChI=1S/C33H35FN6O4/c1-21(2)44-33(43)38-22(3)32(42)40-17-7-11-26(40)20-37-31(41)28-13-14-29(27-12-5-4-9-24(27)19-35)39-30(28)36-16-15-23-8-6-10-25(34)18-23/h4-6,8-10,12-14,18,22,26H,1,7,11,15-17,20H2,2-3H3,(H,36,39)(H,37,41)(H,38,43)/t22-,26+/m0/s1. The summed E-state index contributed by atoms with van der Waals surface area (Å²) in [5, 5.41) is 18.2. The smallest absolute Gasteiger partial charge is 0.412 e. The Labute approximate surface area is 255 Å². The molecule has 3 aromatic rings. The third-order valence-corrected chi connectivity index (χ3v) is 7.19. The lowest BCUT2D eigenvalue weighted by Crippen LogP contribution is -2.51. The number of anilines is 1. The minimum absolute atomic E-state index is 0.204. The molecule has 1 aromatic heterocycles. The number of alkyl carbamates (subject to hydrolysis) is 1. The highest BCUT2D eigenvalue weighted by atomic mass is 19.1. The number of carbonyl (C=O) groups is 3. The molecule has 1 fully saturated rings. The average molecular weight is 599 g/mol. The molecule has 4 rings (SSSR count). The van der Waals surface area contributed by atoms with Crippen molar-refractivity contribution in [3.63, 3.8) is 0 Å². The molecule has 11 heteroatoms. The van der Waals surface area contributed by atoms with E-state index in [4.69, 9.17) is 9.72 Å². The highest BCUT2D eigenvalue weighted by Crippen LogP contribution is 2.25. The number of benzene rings is 2. The number of hydrogen-bond acceptors (Lipinski definition) is 7. The Morgan fingerprint density at radius 2 is 1.98 bits per heavy atom. The molecule has 0 aliphatic carbocycles. The lowest BCUT2D eigenvalue weighted by Gasteiger charge is -2.28. The lowest BCUT2D eigenvalue weighted by atomic mass is 10.0. The Morgan fingerprint density at radius 1 is 1.18 bits per heavy atom. The zero-order valence-corrected chi connectivity index (χ0v) is 24.7. The van der Waals surface area contributed by atoms with Crippen molar-refractivity contribution in [3.05, 3.63) is 95.5 Å². The highest BCUT2D eigenvalue weighted by Gasteiger charge is 2.32. The first-order valence-electron chi connectivity index (χ1n) is 14.4. The van der Waals surface area contributed by atoms with Crippen molar-refractivity contribution >= 4 is 23.7 Å². The Bertz CT molecular complexity index is 1590. The number of amides is 3. The third-order valence-electron chi connectivity index (χ3n) is 7.19. The number of carbonyl (C=O) groups excluding carboxylic acids is 3. The quantitative estimate of drug-likeness (QED) is 0.270. The zero-order chi connectivity index (χ0) is 31.6. The van der Waals surface area contributed by atoms with Crippen LogP contribution in [0.15, 0.2) is 73.0 Å².